The molecule has 0 unspecified atom stereocenters. The maximum atomic E-state index is 13.8. The summed E-state index contributed by atoms with van der Waals surface area (Å²) in [6, 6.07) is 14.4. The number of hydrogen-bond acceptors (Lipinski definition) is 4. The molecule has 0 spiro atoms. The number of benzene rings is 2. The molecule has 1 aliphatic heterocycles. The lowest BCUT2D eigenvalue weighted by Crippen LogP contribution is -2.38. The van der Waals surface area contributed by atoms with Crippen LogP contribution in [0.3, 0.4) is 0 Å². The van der Waals surface area contributed by atoms with Crippen molar-refractivity contribution in [1.29, 1.82) is 0 Å². The number of carbonyl (C=O) groups is 1. The number of carbonyl (C=O) groups excluding carboxylic acids is 1. The monoisotopic (exact) mass is 441 g/mol. The van der Waals surface area contributed by atoms with Crippen LogP contribution in [0, 0.1) is 5.82 Å². The van der Waals surface area contributed by atoms with Gasteiger partial charge in [-0.15, -0.1) is 0 Å². The zero-order chi connectivity index (χ0) is 22.6. The molecule has 0 saturated carbocycles. The topological polar surface area (TPSA) is 78.0 Å². The third-order valence-corrected chi connectivity index (χ3v) is 5.14. The zero-order valence-electron chi connectivity index (χ0n) is 18.6. The summed E-state index contributed by atoms with van der Waals surface area (Å²) in [5.41, 5.74) is 2.31. The molecule has 3 N–H and O–H groups in total. The van der Waals surface area contributed by atoms with E-state index in [9.17, 15) is 9.18 Å². The molecule has 32 heavy (non-hydrogen) atoms. The quantitative estimate of drug-likeness (QED) is 0.412. The van der Waals surface area contributed by atoms with Gasteiger partial charge in [0.15, 0.2) is 5.96 Å². The van der Waals surface area contributed by atoms with Crippen LogP contribution >= 0.6 is 0 Å². The maximum Gasteiger partial charge on any atom is 0.225 e. The fraction of sp³-hybridized carbons (Fsp3) is 0.417. The summed E-state index contributed by atoms with van der Waals surface area (Å²) in [6.07, 6.45) is 0.451. The van der Waals surface area contributed by atoms with Crippen LogP contribution in [0.15, 0.2) is 53.5 Å². The Morgan fingerprint density at radius 2 is 1.94 bits per heavy atom. The Labute approximate surface area is 189 Å². The molecule has 1 aliphatic rings. The number of nitrogens with one attached hydrogen (secondary N) is 3. The molecule has 0 atom stereocenters. The molecular formula is C24H32FN5O2. The highest BCUT2D eigenvalue weighted by Crippen LogP contribution is 2.12. The molecule has 0 aliphatic carbocycles. The van der Waals surface area contributed by atoms with Crippen molar-refractivity contribution in [2.75, 3.05) is 44.7 Å². The normalized spacial score (nSPS) is 14.8. The molecule has 2 aromatic rings. The molecule has 1 saturated heterocycles. The van der Waals surface area contributed by atoms with Crippen LogP contribution in [0.1, 0.15) is 24.5 Å². The van der Waals surface area contributed by atoms with E-state index in [0.29, 0.717) is 37.6 Å². The Morgan fingerprint density at radius 3 is 2.72 bits per heavy atom. The minimum Gasteiger partial charge on any atom is -0.379 e. The summed E-state index contributed by atoms with van der Waals surface area (Å²) in [5, 5.41) is 9.30. The highest BCUT2D eigenvalue weighted by Gasteiger charge is 2.12. The minimum absolute atomic E-state index is 0.00274. The van der Waals surface area contributed by atoms with Gasteiger partial charge in [0.25, 0.3) is 0 Å². The molecule has 0 radical (unpaired) electrons. The van der Waals surface area contributed by atoms with Crippen molar-refractivity contribution in [3.05, 3.63) is 65.5 Å². The highest BCUT2D eigenvalue weighted by molar-refractivity contribution is 5.90. The van der Waals surface area contributed by atoms with E-state index in [1.807, 2.05) is 37.3 Å². The molecule has 1 heterocycles. The van der Waals surface area contributed by atoms with Crippen molar-refractivity contribution < 1.29 is 13.9 Å². The lowest BCUT2D eigenvalue weighted by Gasteiger charge is -2.26. The third kappa shape index (κ3) is 7.94. The highest BCUT2D eigenvalue weighted by atomic mass is 19.1. The van der Waals surface area contributed by atoms with Gasteiger partial charge in [0, 0.05) is 50.4 Å². The number of rotatable bonds is 9. The molecule has 172 valence electrons. The maximum absolute atomic E-state index is 13.8. The Kier molecular flexibility index (Phi) is 9.46. The predicted molar refractivity (Wildman–Crippen MR) is 125 cm³/mol. The van der Waals surface area contributed by atoms with Crippen molar-refractivity contribution in [3.8, 4) is 0 Å². The summed E-state index contributed by atoms with van der Waals surface area (Å²) in [6.45, 7) is 7.40. The van der Waals surface area contributed by atoms with Crippen molar-refractivity contribution in [2.24, 2.45) is 4.99 Å². The first kappa shape index (κ1) is 23.7. The third-order valence-electron chi connectivity index (χ3n) is 5.14. The van der Waals surface area contributed by atoms with E-state index < -0.39 is 0 Å². The first-order valence-electron chi connectivity index (χ1n) is 11.1. The number of amides is 1. The van der Waals surface area contributed by atoms with Crippen LogP contribution in [0.2, 0.25) is 0 Å². The van der Waals surface area contributed by atoms with E-state index in [2.05, 4.69) is 25.8 Å². The van der Waals surface area contributed by atoms with Crippen LogP contribution in [0.5, 0.6) is 0 Å². The number of halogens is 1. The SMILES string of the molecule is CCNC(=NCc1cccc(NC(=O)CCN2CCOCC2)c1)NCc1ccccc1F. The zero-order valence-corrected chi connectivity index (χ0v) is 18.6. The number of hydrogen-bond donors (Lipinski definition) is 3. The van der Waals surface area contributed by atoms with E-state index >= 15 is 0 Å². The number of aliphatic imine (C=N–C) groups is 1. The van der Waals surface area contributed by atoms with Crippen LogP contribution < -0.4 is 16.0 Å². The van der Waals surface area contributed by atoms with Crippen molar-refractivity contribution >= 4 is 17.6 Å². The van der Waals surface area contributed by atoms with Crippen LogP contribution in [0.25, 0.3) is 0 Å². The fourth-order valence-electron chi connectivity index (χ4n) is 3.39. The summed E-state index contributed by atoms with van der Waals surface area (Å²) in [4.78, 5) is 19.1. The molecule has 0 bridgehead atoms. The summed E-state index contributed by atoms with van der Waals surface area (Å²) in [7, 11) is 0. The van der Waals surface area contributed by atoms with Gasteiger partial charge in [-0.25, -0.2) is 9.38 Å². The Morgan fingerprint density at radius 1 is 1.12 bits per heavy atom. The second-order valence-corrected chi connectivity index (χ2v) is 7.59. The smallest absolute Gasteiger partial charge is 0.225 e. The van der Waals surface area contributed by atoms with Gasteiger partial charge in [-0.1, -0.05) is 30.3 Å². The van der Waals surface area contributed by atoms with Crippen LogP contribution in [0.4, 0.5) is 10.1 Å². The van der Waals surface area contributed by atoms with Crippen molar-refractivity contribution in [1.82, 2.24) is 15.5 Å². The number of nitrogens with zero attached hydrogens (tertiary/aromatic N) is 2. The predicted octanol–water partition coefficient (Wildman–Crippen LogP) is 2.74. The van der Waals surface area contributed by atoms with Crippen LogP contribution in [-0.2, 0) is 22.6 Å². The van der Waals surface area contributed by atoms with Gasteiger partial charge in [0.05, 0.1) is 19.8 Å². The largest absolute Gasteiger partial charge is 0.379 e. The van der Waals surface area contributed by atoms with E-state index in [1.165, 1.54) is 6.07 Å². The summed E-state index contributed by atoms with van der Waals surface area (Å²) in [5.74, 6) is 0.362. The lowest BCUT2D eigenvalue weighted by molar-refractivity contribution is -0.116. The molecule has 1 amide bonds. The summed E-state index contributed by atoms with van der Waals surface area (Å²) >= 11 is 0. The lowest BCUT2D eigenvalue weighted by atomic mass is 10.2. The Bertz CT molecular complexity index is 899. The first-order valence-corrected chi connectivity index (χ1v) is 11.1. The van der Waals surface area contributed by atoms with Crippen molar-refractivity contribution in [2.45, 2.75) is 26.4 Å². The Balaban J connectivity index is 1.51. The van der Waals surface area contributed by atoms with Gasteiger partial charge in [0.1, 0.15) is 5.82 Å². The van der Waals surface area contributed by atoms with Gasteiger partial charge in [-0.05, 0) is 30.7 Å². The van der Waals surface area contributed by atoms with Gasteiger partial charge < -0.3 is 20.7 Å². The van der Waals surface area contributed by atoms with Gasteiger partial charge in [0.2, 0.25) is 5.91 Å². The second kappa shape index (κ2) is 12.8. The molecule has 7 nitrogen and oxygen atoms in total. The number of morpholine rings is 1. The van der Waals surface area contributed by atoms with Gasteiger partial charge in [-0.3, -0.25) is 9.69 Å². The average Bonchev–Trinajstić information content (AvgIpc) is 2.81. The first-order chi connectivity index (χ1) is 15.6. The molecule has 1 fully saturated rings. The van der Waals surface area contributed by atoms with Gasteiger partial charge in [-0.2, -0.15) is 0 Å². The number of guanidine groups is 1. The van der Waals surface area contributed by atoms with Gasteiger partial charge >= 0.3 is 0 Å². The summed E-state index contributed by atoms with van der Waals surface area (Å²) < 4.78 is 19.2. The Hall–Kier alpha value is -2.97. The molecule has 2 aromatic carbocycles. The standard InChI is InChI=1S/C24H32FN5O2/c1-2-26-24(28-18-20-7-3-4-9-22(20)25)27-17-19-6-5-8-21(16-19)29-23(31)10-11-30-12-14-32-15-13-30/h3-9,16H,2,10-15,17-18H2,1H3,(H,29,31)(H2,26,27,28). The van der Waals surface area contributed by atoms with E-state index in [1.54, 1.807) is 12.1 Å². The fourth-order valence-corrected chi connectivity index (χ4v) is 3.39. The number of ether oxygens (including phenoxy) is 1. The van der Waals surface area contributed by atoms with E-state index in [0.717, 1.165) is 44.1 Å². The molecule has 0 aromatic heterocycles. The van der Waals surface area contributed by atoms with Crippen LogP contribution in [-0.4, -0.2) is 56.2 Å². The van der Waals surface area contributed by atoms with E-state index in [-0.39, 0.29) is 11.7 Å². The second-order valence-electron chi connectivity index (χ2n) is 7.59. The van der Waals surface area contributed by atoms with Crippen molar-refractivity contribution in [3.63, 3.8) is 0 Å². The molecule has 3 rings (SSSR count). The van der Waals surface area contributed by atoms with E-state index in [4.69, 9.17) is 4.74 Å². The molecule has 8 heteroatoms. The molecular weight excluding hydrogens is 409 g/mol. The average molecular weight is 442 g/mol. The number of anilines is 1. The minimum atomic E-state index is -0.243.